The molecule has 0 spiro atoms. The summed E-state index contributed by atoms with van der Waals surface area (Å²) in [5, 5.41) is 3.31. The Morgan fingerprint density at radius 1 is 1.26 bits per heavy atom. The average Bonchev–Trinajstić information content (AvgIpc) is 3.12. The first-order chi connectivity index (χ1) is 8.58. The molecule has 0 aromatic rings. The summed E-state index contributed by atoms with van der Waals surface area (Å²) in [5.41, 5.74) is 0. The van der Waals surface area contributed by atoms with E-state index in [9.17, 15) is 4.79 Å². The van der Waals surface area contributed by atoms with Gasteiger partial charge in [0, 0.05) is 12.6 Å². The molecular formula is C15H31ClN2O. The summed E-state index contributed by atoms with van der Waals surface area (Å²) in [4.78, 5) is 14.4. The van der Waals surface area contributed by atoms with Crippen LogP contribution in [0.2, 0.25) is 0 Å². The Balaban J connectivity index is 0.00000324. The van der Waals surface area contributed by atoms with Gasteiger partial charge in [-0.25, -0.2) is 0 Å². The fraction of sp³-hybridized carbons (Fsp3) is 0.933. The van der Waals surface area contributed by atoms with Crippen molar-refractivity contribution in [1.29, 1.82) is 0 Å². The topological polar surface area (TPSA) is 32.3 Å². The van der Waals surface area contributed by atoms with Crippen molar-refractivity contribution in [2.45, 2.75) is 59.4 Å². The maximum atomic E-state index is 12.3. The van der Waals surface area contributed by atoms with Crippen LogP contribution in [0.3, 0.4) is 0 Å². The summed E-state index contributed by atoms with van der Waals surface area (Å²) in [6.07, 6.45) is 4.78. The quantitative estimate of drug-likeness (QED) is 0.708. The zero-order valence-electron chi connectivity index (χ0n) is 12.9. The molecule has 1 fully saturated rings. The van der Waals surface area contributed by atoms with Gasteiger partial charge < -0.3 is 10.2 Å². The van der Waals surface area contributed by atoms with Gasteiger partial charge in [-0.2, -0.15) is 0 Å². The van der Waals surface area contributed by atoms with Crippen LogP contribution >= 0.6 is 12.4 Å². The molecule has 1 saturated carbocycles. The molecule has 0 saturated heterocycles. The average molecular weight is 291 g/mol. The van der Waals surface area contributed by atoms with Crippen molar-refractivity contribution in [3.63, 3.8) is 0 Å². The molecule has 1 rings (SSSR count). The van der Waals surface area contributed by atoms with Crippen molar-refractivity contribution in [2.75, 3.05) is 19.6 Å². The summed E-state index contributed by atoms with van der Waals surface area (Å²) in [7, 11) is 0. The molecule has 1 N–H and O–H groups in total. The first-order valence-corrected chi connectivity index (χ1v) is 7.58. The second-order valence-corrected chi connectivity index (χ2v) is 5.98. The molecule has 1 amide bonds. The lowest BCUT2D eigenvalue weighted by molar-refractivity contribution is -0.133. The van der Waals surface area contributed by atoms with Crippen LogP contribution in [-0.4, -0.2) is 36.5 Å². The molecule has 0 aliphatic heterocycles. The maximum absolute atomic E-state index is 12.3. The number of halogens is 1. The van der Waals surface area contributed by atoms with Gasteiger partial charge in [-0.05, 0) is 44.1 Å². The van der Waals surface area contributed by atoms with E-state index in [-0.39, 0.29) is 18.3 Å². The van der Waals surface area contributed by atoms with Crippen LogP contribution in [0.1, 0.15) is 53.4 Å². The standard InChI is InChI=1S/C15H30N2O.ClH/c1-5-14(6-2)17(11-12(3)4)15(18)10-16-9-13-7-8-13;/h12-14,16H,5-11H2,1-4H3;1H. The fourth-order valence-corrected chi connectivity index (χ4v) is 2.38. The van der Waals surface area contributed by atoms with Crippen LogP contribution in [-0.2, 0) is 4.79 Å². The minimum atomic E-state index is 0. The van der Waals surface area contributed by atoms with Crippen molar-refractivity contribution in [3.8, 4) is 0 Å². The highest BCUT2D eigenvalue weighted by Gasteiger charge is 2.24. The van der Waals surface area contributed by atoms with Gasteiger partial charge in [-0.3, -0.25) is 4.79 Å². The minimum absolute atomic E-state index is 0. The zero-order chi connectivity index (χ0) is 13.5. The molecule has 3 nitrogen and oxygen atoms in total. The molecule has 0 radical (unpaired) electrons. The molecule has 0 heterocycles. The first kappa shape index (κ1) is 18.7. The van der Waals surface area contributed by atoms with E-state index < -0.39 is 0 Å². The molecule has 0 atom stereocenters. The van der Waals surface area contributed by atoms with E-state index in [0.29, 0.717) is 18.5 Å². The first-order valence-electron chi connectivity index (χ1n) is 7.58. The zero-order valence-corrected chi connectivity index (χ0v) is 13.8. The van der Waals surface area contributed by atoms with Crippen LogP contribution < -0.4 is 5.32 Å². The summed E-state index contributed by atoms with van der Waals surface area (Å²) >= 11 is 0. The van der Waals surface area contributed by atoms with Gasteiger partial charge in [-0.15, -0.1) is 12.4 Å². The second-order valence-electron chi connectivity index (χ2n) is 5.98. The van der Waals surface area contributed by atoms with Gasteiger partial charge in [0.25, 0.3) is 0 Å². The molecule has 4 heteroatoms. The number of hydrogen-bond donors (Lipinski definition) is 1. The summed E-state index contributed by atoms with van der Waals surface area (Å²) in [6.45, 7) is 11.1. The molecule has 0 aromatic carbocycles. The number of nitrogens with zero attached hydrogens (tertiary/aromatic N) is 1. The van der Waals surface area contributed by atoms with Crippen LogP contribution in [0.15, 0.2) is 0 Å². The summed E-state index contributed by atoms with van der Waals surface area (Å²) < 4.78 is 0. The SMILES string of the molecule is CCC(CC)N(CC(C)C)C(=O)CNCC1CC1.Cl. The Bertz CT molecular complexity index is 251. The summed E-state index contributed by atoms with van der Waals surface area (Å²) in [6, 6.07) is 0.405. The van der Waals surface area contributed by atoms with E-state index in [2.05, 4.69) is 37.9 Å². The van der Waals surface area contributed by atoms with E-state index >= 15 is 0 Å². The van der Waals surface area contributed by atoms with E-state index in [4.69, 9.17) is 0 Å². The van der Waals surface area contributed by atoms with E-state index in [1.165, 1.54) is 12.8 Å². The summed E-state index contributed by atoms with van der Waals surface area (Å²) in [5.74, 6) is 1.65. The lowest BCUT2D eigenvalue weighted by Crippen LogP contribution is -2.46. The number of carbonyl (C=O) groups excluding carboxylic acids is 1. The van der Waals surface area contributed by atoms with Gasteiger partial charge in [0.15, 0.2) is 0 Å². The maximum Gasteiger partial charge on any atom is 0.236 e. The van der Waals surface area contributed by atoms with Crippen molar-refractivity contribution < 1.29 is 4.79 Å². The highest BCUT2D eigenvalue weighted by molar-refractivity contribution is 5.85. The lowest BCUT2D eigenvalue weighted by atomic mass is 10.1. The van der Waals surface area contributed by atoms with Crippen molar-refractivity contribution >= 4 is 18.3 Å². The second kappa shape index (κ2) is 9.60. The predicted molar refractivity (Wildman–Crippen MR) is 83.8 cm³/mol. The number of hydrogen-bond acceptors (Lipinski definition) is 2. The third kappa shape index (κ3) is 7.17. The molecular weight excluding hydrogens is 260 g/mol. The molecule has 1 aliphatic carbocycles. The van der Waals surface area contributed by atoms with E-state index in [0.717, 1.165) is 31.8 Å². The molecule has 0 bridgehead atoms. The van der Waals surface area contributed by atoms with E-state index in [1.807, 2.05) is 0 Å². The van der Waals surface area contributed by atoms with Crippen LogP contribution in [0, 0.1) is 11.8 Å². The largest absolute Gasteiger partial charge is 0.338 e. The van der Waals surface area contributed by atoms with Crippen molar-refractivity contribution in [3.05, 3.63) is 0 Å². The smallest absolute Gasteiger partial charge is 0.236 e. The normalized spacial score (nSPS) is 14.6. The Kier molecular flexibility index (Phi) is 9.46. The van der Waals surface area contributed by atoms with Crippen molar-refractivity contribution in [1.82, 2.24) is 10.2 Å². The van der Waals surface area contributed by atoms with Gasteiger partial charge in [0.1, 0.15) is 0 Å². The monoisotopic (exact) mass is 290 g/mol. The highest BCUT2D eigenvalue weighted by Crippen LogP contribution is 2.27. The Labute approximate surface area is 124 Å². The predicted octanol–water partition coefficient (Wildman–Crippen LogP) is 3.08. The Morgan fingerprint density at radius 2 is 1.84 bits per heavy atom. The minimum Gasteiger partial charge on any atom is -0.338 e. The number of carbonyl (C=O) groups is 1. The molecule has 0 unspecified atom stereocenters. The Hall–Kier alpha value is -0.280. The lowest BCUT2D eigenvalue weighted by Gasteiger charge is -2.32. The third-order valence-electron chi connectivity index (χ3n) is 3.67. The molecule has 114 valence electrons. The highest BCUT2D eigenvalue weighted by atomic mass is 35.5. The number of nitrogens with one attached hydrogen (secondary N) is 1. The van der Waals surface area contributed by atoms with Gasteiger partial charge in [0.2, 0.25) is 5.91 Å². The van der Waals surface area contributed by atoms with Gasteiger partial charge in [0.05, 0.1) is 6.54 Å². The van der Waals surface area contributed by atoms with Crippen LogP contribution in [0.25, 0.3) is 0 Å². The third-order valence-corrected chi connectivity index (χ3v) is 3.67. The number of amides is 1. The van der Waals surface area contributed by atoms with Crippen LogP contribution in [0.5, 0.6) is 0 Å². The van der Waals surface area contributed by atoms with Crippen LogP contribution in [0.4, 0.5) is 0 Å². The van der Waals surface area contributed by atoms with Crippen molar-refractivity contribution in [2.24, 2.45) is 11.8 Å². The van der Waals surface area contributed by atoms with Gasteiger partial charge >= 0.3 is 0 Å². The Morgan fingerprint density at radius 3 is 2.26 bits per heavy atom. The molecule has 1 aliphatic rings. The van der Waals surface area contributed by atoms with Gasteiger partial charge in [-0.1, -0.05) is 27.7 Å². The number of rotatable bonds is 9. The molecule has 19 heavy (non-hydrogen) atoms. The molecule has 0 aromatic heterocycles. The fourth-order valence-electron chi connectivity index (χ4n) is 2.38. The van der Waals surface area contributed by atoms with E-state index in [1.54, 1.807) is 0 Å².